The van der Waals surface area contributed by atoms with E-state index >= 15 is 0 Å². The maximum atomic E-state index is 12.7. The molecule has 2 rings (SSSR count). The summed E-state index contributed by atoms with van der Waals surface area (Å²) in [5, 5.41) is 11.1. The van der Waals surface area contributed by atoms with Gasteiger partial charge in [-0.05, 0) is 37.3 Å². The van der Waals surface area contributed by atoms with Crippen LogP contribution >= 0.6 is 0 Å². The number of nitrogen functional groups attached to an aromatic ring is 1. The van der Waals surface area contributed by atoms with Crippen LogP contribution in [-0.4, -0.2) is 30.7 Å². The second-order valence-electron chi connectivity index (χ2n) is 5.26. The summed E-state index contributed by atoms with van der Waals surface area (Å²) < 4.78 is 26.8. The highest BCUT2D eigenvalue weighted by atomic mass is 32.2. The molecule has 1 fully saturated rings. The molecule has 1 aromatic rings. The lowest BCUT2D eigenvalue weighted by atomic mass is 10.3. The number of nitro benzene ring substituents is 1. The molecule has 1 aliphatic carbocycles. The van der Waals surface area contributed by atoms with Crippen molar-refractivity contribution in [3.05, 3.63) is 28.3 Å². The number of hydrogen-bond acceptors (Lipinski definition) is 5. The van der Waals surface area contributed by atoms with Crippen molar-refractivity contribution >= 4 is 21.4 Å². The van der Waals surface area contributed by atoms with E-state index in [2.05, 4.69) is 0 Å². The number of anilines is 1. The molecule has 8 heteroatoms. The lowest BCUT2D eigenvalue weighted by molar-refractivity contribution is -0.386. The number of para-hydroxylation sites is 1. The summed E-state index contributed by atoms with van der Waals surface area (Å²) in [6, 6.07) is 4.01. The first kappa shape index (κ1) is 15.7. The molecule has 0 spiro atoms. The Morgan fingerprint density at radius 1 is 1.43 bits per heavy atom. The quantitative estimate of drug-likeness (QED) is 0.470. The molecule has 0 saturated heterocycles. The van der Waals surface area contributed by atoms with Crippen LogP contribution in [0.4, 0.5) is 11.4 Å². The van der Waals surface area contributed by atoms with Gasteiger partial charge in [-0.1, -0.05) is 13.0 Å². The van der Waals surface area contributed by atoms with Gasteiger partial charge in [-0.2, -0.15) is 4.31 Å². The summed E-state index contributed by atoms with van der Waals surface area (Å²) in [6.07, 6.45) is 2.67. The molecule has 1 aromatic carbocycles. The van der Waals surface area contributed by atoms with Crippen LogP contribution in [0.1, 0.15) is 26.2 Å². The maximum absolute atomic E-state index is 12.7. The number of benzene rings is 1. The largest absolute Gasteiger partial charge is 0.393 e. The second kappa shape index (κ2) is 5.98. The molecule has 0 aromatic heterocycles. The lowest BCUT2D eigenvalue weighted by Crippen LogP contribution is -2.34. The van der Waals surface area contributed by atoms with Crippen LogP contribution in [-0.2, 0) is 10.0 Å². The van der Waals surface area contributed by atoms with E-state index in [4.69, 9.17) is 5.73 Å². The highest BCUT2D eigenvalue weighted by molar-refractivity contribution is 7.89. The van der Waals surface area contributed by atoms with E-state index in [1.807, 2.05) is 6.92 Å². The fraction of sp³-hybridized carbons (Fsp3) is 0.538. The molecule has 0 radical (unpaired) electrons. The van der Waals surface area contributed by atoms with E-state index in [9.17, 15) is 18.5 Å². The molecule has 2 N–H and O–H groups in total. The van der Waals surface area contributed by atoms with Gasteiger partial charge in [0.2, 0.25) is 10.0 Å². The van der Waals surface area contributed by atoms with E-state index in [1.165, 1.54) is 22.5 Å². The van der Waals surface area contributed by atoms with Crippen LogP contribution in [0.2, 0.25) is 0 Å². The molecule has 0 bridgehead atoms. The van der Waals surface area contributed by atoms with E-state index in [1.54, 1.807) is 0 Å². The van der Waals surface area contributed by atoms with Crippen molar-refractivity contribution in [3.8, 4) is 0 Å². The third kappa shape index (κ3) is 3.33. The zero-order valence-corrected chi connectivity index (χ0v) is 12.7. The Bertz CT molecular complexity index is 641. The van der Waals surface area contributed by atoms with E-state index in [-0.39, 0.29) is 10.6 Å². The van der Waals surface area contributed by atoms with Gasteiger partial charge in [-0.25, -0.2) is 8.42 Å². The zero-order chi connectivity index (χ0) is 15.6. The van der Waals surface area contributed by atoms with Gasteiger partial charge in [0.05, 0.1) is 4.92 Å². The highest BCUT2D eigenvalue weighted by Gasteiger charge is 2.35. The van der Waals surface area contributed by atoms with E-state index in [0.717, 1.165) is 12.8 Å². The van der Waals surface area contributed by atoms with Crippen molar-refractivity contribution in [1.29, 1.82) is 0 Å². The maximum Gasteiger partial charge on any atom is 0.312 e. The predicted molar refractivity (Wildman–Crippen MR) is 79.3 cm³/mol. The molecular formula is C13H19N3O4S. The van der Waals surface area contributed by atoms with Crippen LogP contribution in [0.25, 0.3) is 0 Å². The van der Waals surface area contributed by atoms with Gasteiger partial charge in [0.25, 0.3) is 0 Å². The minimum absolute atomic E-state index is 0.135. The first-order chi connectivity index (χ1) is 9.87. The van der Waals surface area contributed by atoms with Gasteiger partial charge in [-0.3, -0.25) is 10.1 Å². The smallest absolute Gasteiger partial charge is 0.312 e. The molecule has 0 heterocycles. The first-order valence-corrected chi connectivity index (χ1v) is 8.35. The number of nitrogens with two attached hydrogens (primary N) is 1. The number of nitrogens with zero attached hydrogens (tertiary/aromatic N) is 2. The van der Waals surface area contributed by atoms with Gasteiger partial charge in [0.1, 0.15) is 5.69 Å². The normalized spacial score (nSPS) is 15.3. The summed E-state index contributed by atoms with van der Waals surface area (Å²) in [5.74, 6) is 0.367. The Kier molecular flexibility index (Phi) is 4.48. The molecule has 21 heavy (non-hydrogen) atoms. The van der Waals surface area contributed by atoms with Crippen molar-refractivity contribution < 1.29 is 13.3 Å². The van der Waals surface area contributed by atoms with Gasteiger partial charge in [0.15, 0.2) is 4.90 Å². The van der Waals surface area contributed by atoms with Crippen molar-refractivity contribution in [3.63, 3.8) is 0 Å². The van der Waals surface area contributed by atoms with Crippen LogP contribution in [0, 0.1) is 16.0 Å². The second-order valence-corrected chi connectivity index (χ2v) is 7.16. The first-order valence-electron chi connectivity index (χ1n) is 6.91. The van der Waals surface area contributed by atoms with Gasteiger partial charge in [-0.15, -0.1) is 0 Å². The standard InChI is InChI=1S/C13H19N3O4S/c1-2-8-15(9-10-6-7-10)21(19,20)12-5-3-4-11(14)13(12)16(17)18/h3-5,10H,2,6-9,14H2,1H3. The molecule has 0 unspecified atom stereocenters. The van der Waals surface area contributed by atoms with Gasteiger partial charge >= 0.3 is 5.69 Å². The molecule has 0 atom stereocenters. The minimum Gasteiger partial charge on any atom is -0.393 e. The van der Waals surface area contributed by atoms with Gasteiger partial charge < -0.3 is 5.73 Å². The van der Waals surface area contributed by atoms with Crippen molar-refractivity contribution in [2.24, 2.45) is 5.92 Å². The summed E-state index contributed by atoms with van der Waals surface area (Å²) in [7, 11) is -3.90. The Morgan fingerprint density at radius 2 is 2.10 bits per heavy atom. The topological polar surface area (TPSA) is 107 Å². The Balaban J connectivity index is 2.46. The highest BCUT2D eigenvalue weighted by Crippen LogP contribution is 2.35. The minimum atomic E-state index is -3.90. The molecular weight excluding hydrogens is 294 g/mol. The molecule has 0 aliphatic heterocycles. The Labute approximate surface area is 123 Å². The van der Waals surface area contributed by atoms with Crippen LogP contribution in [0.15, 0.2) is 23.1 Å². The van der Waals surface area contributed by atoms with Crippen LogP contribution in [0.5, 0.6) is 0 Å². The zero-order valence-electron chi connectivity index (χ0n) is 11.9. The summed E-state index contributed by atoms with van der Waals surface area (Å²) in [5.41, 5.74) is 4.91. The molecule has 0 amide bonds. The summed E-state index contributed by atoms with van der Waals surface area (Å²) in [6.45, 7) is 2.65. The van der Waals surface area contributed by atoms with Crippen molar-refractivity contribution in [1.82, 2.24) is 4.31 Å². The van der Waals surface area contributed by atoms with Crippen molar-refractivity contribution in [2.45, 2.75) is 31.1 Å². The van der Waals surface area contributed by atoms with E-state index in [0.29, 0.717) is 25.4 Å². The van der Waals surface area contributed by atoms with Crippen molar-refractivity contribution in [2.75, 3.05) is 18.8 Å². The third-order valence-corrected chi connectivity index (χ3v) is 5.36. The Hall–Kier alpha value is -1.67. The predicted octanol–water partition coefficient (Wildman–Crippen LogP) is 1.99. The van der Waals surface area contributed by atoms with E-state index < -0.39 is 20.6 Å². The monoisotopic (exact) mass is 313 g/mol. The van der Waals surface area contributed by atoms with Gasteiger partial charge in [0, 0.05) is 13.1 Å². The number of rotatable bonds is 7. The third-order valence-electron chi connectivity index (χ3n) is 3.46. The van der Waals surface area contributed by atoms with Crippen LogP contribution in [0.3, 0.4) is 0 Å². The molecule has 1 saturated carbocycles. The molecule has 116 valence electrons. The summed E-state index contributed by atoms with van der Waals surface area (Å²) in [4.78, 5) is 10.1. The molecule has 7 nitrogen and oxygen atoms in total. The fourth-order valence-electron chi connectivity index (χ4n) is 2.23. The van der Waals surface area contributed by atoms with Crippen LogP contribution < -0.4 is 5.73 Å². The SMILES string of the molecule is CCCN(CC1CC1)S(=O)(=O)c1cccc(N)c1[N+](=O)[O-]. The average molecular weight is 313 g/mol. The summed E-state index contributed by atoms with van der Waals surface area (Å²) >= 11 is 0. The molecule has 1 aliphatic rings. The average Bonchev–Trinajstić information content (AvgIpc) is 3.21. The number of hydrogen-bond donors (Lipinski definition) is 1. The fourth-order valence-corrected chi connectivity index (χ4v) is 4.02. The lowest BCUT2D eigenvalue weighted by Gasteiger charge is -2.21. The number of sulfonamides is 1. The Morgan fingerprint density at radius 3 is 2.62 bits per heavy atom. The number of nitro groups is 1.